The van der Waals surface area contributed by atoms with Gasteiger partial charge in [-0.3, -0.25) is 0 Å². The summed E-state index contributed by atoms with van der Waals surface area (Å²) in [4.78, 5) is 5.75. The Balaban J connectivity index is 0.00000121. The zero-order valence-electron chi connectivity index (χ0n) is 22.0. The molecule has 2 aromatic rings. The van der Waals surface area contributed by atoms with Crippen molar-refractivity contribution in [3.8, 4) is 0 Å². The quantitative estimate of drug-likeness (QED) is 0.329. The van der Waals surface area contributed by atoms with Gasteiger partial charge in [0.05, 0.1) is 18.1 Å². The Kier molecular flexibility index (Phi) is 18.0. The molecule has 1 unspecified atom stereocenters. The molecule has 1 atom stereocenters. The molecule has 0 spiro atoms. The monoisotopic (exact) mass is 470 g/mol. The van der Waals surface area contributed by atoms with Gasteiger partial charge in [0.1, 0.15) is 0 Å². The number of nitrogens with two attached hydrogens (primary N) is 1. The van der Waals surface area contributed by atoms with Crippen molar-refractivity contribution >= 4 is 11.9 Å². The number of rotatable bonds is 6. The second-order valence-corrected chi connectivity index (χ2v) is 7.43. The van der Waals surface area contributed by atoms with Crippen molar-refractivity contribution in [2.75, 3.05) is 26.0 Å². The van der Waals surface area contributed by atoms with Crippen LogP contribution >= 0.6 is 0 Å². The third-order valence-corrected chi connectivity index (χ3v) is 5.25. The fraction of sp³-hybridized carbons (Fsp3) is 0.464. The third-order valence-electron chi connectivity index (χ3n) is 5.25. The molecule has 2 aromatic carbocycles. The summed E-state index contributed by atoms with van der Waals surface area (Å²) in [6.45, 7) is 10.4. The Morgan fingerprint density at radius 1 is 1.03 bits per heavy atom. The number of hydrogen-bond donors (Lipinski definition) is 4. The highest BCUT2D eigenvalue weighted by molar-refractivity contribution is 5.52. The van der Waals surface area contributed by atoms with Crippen molar-refractivity contribution in [1.29, 1.82) is 0 Å². The number of aliphatic imine (C=N–C) groups is 1. The summed E-state index contributed by atoms with van der Waals surface area (Å²) in [7, 11) is 3.25. The Labute approximate surface area is 207 Å². The normalized spacial score (nSPS) is 15.9. The molecule has 3 rings (SSSR count). The van der Waals surface area contributed by atoms with Crippen molar-refractivity contribution in [2.24, 2.45) is 10.7 Å². The van der Waals surface area contributed by atoms with E-state index in [2.05, 4.69) is 76.4 Å². The Bertz CT molecular complexity index is 798. The average molecular weight is 471 g/mol. The molecule has 190 valence electrons. The average Bonchev–Trinajstić information content (AvgIpc) is 2.92. The van der Waals surface area contributed by atoms with Gasteiger partial charge in [0.25, 0.3) is 0 Å². The first kappa shape index (κ1) is 31.2. The van der Waals surface area contributed by atoms with E-state index in [-0.39, 0.29) is 6.10 Å². The molecule has 1 heterocycles. The molecule has 6 heteroatoms. The van der Waals surface area contributed by atoms with Crippen LogP contribution in [0, 0.1) is 0 Å². The molecule has 0 amide bonds. The van der Waals surface area contributed by atoms with Crippen LogP contribution in [0.25, 0.3) is 0 Å². The van der Waals surface area contributed by atoms with Crippen LogP contribution in [-0.4, -0.2) is 48.1 Å². The SMILES string of the molecule is CC.CC=NC.CCc1ccc(NCc2ccc(CN3CCC(O)C/C3=C/O)cc2)cc1.CN. The van der Waals surface area contributed by atoms with Crippen molar-refractivity contribution in [1.82, 2.24) is 4.90 Å². The number of anilines is 1. The molecule has 5 N–H and O–H groups in total. The minimum Gasteiger partial charge on any atom is -0.514 e. The summed E-state index contributed by atoms with van der Waals surface area (Å²) in [5.41, 5.74) is 10.2. The van der Waals surface area contributed by atoms with E-state index in [1.165, 1.54) is 23.7 Å². The Morgan fingerprint density at radius 3 is 2.06 bits per heavy atom. The topological polar surface area (TPSA) is 94.1 Å². The van der Waals surface area contributed by atoms with Crippen LogP contribution in [0.1, 0.15) is 57.2 Å². The first-order valence-corrected chi connectivity index (χ1v) is 12.2. The maximum absolute atomic E-state index is 9.73. The van der Waals surface area contributed by atoms with Crippen molar-refractivity contribution in [3.63, 3.8) is 0 Å². The van der Waals surface area contributed by atoms with E-state index in [0.717, 1.165) is 50.1 Å². The largest absolute Gasteiger partial charge is 0.514 e. The molecular weight excluding hydrogens is 424 g/mol. The molecule has 1 fully saturated rings. The summed E-state index contributed by atoms with van der Waals surface area (Å²) >= 11 is 0. The second-order valence-electron chi connectivity index (χ2n) is 7.43. The highest BCUT2D eigenvalue weighted by Crippen LogP contribution is 2.23. The van der Waals surface area contributed by atoms with E-state index in [1.54, 1.807) is 13.3 Å². The van der Waals surface area contributed by atoms with Crippen LogP contribution in [0.2, 0.25) is 0 Å². The second kappa shape index (κ2) is 19.6. The van der Waals surface area contributed by atoms with Gasteiger partial charge < -0.3 is 31.2 Å². The number of benzene rings is 2. The van der Waals surface area contributed by atoms with E-state index in [4.69, 9.17) is 0 Å². The van der Waals surface area contributed by atoms with Crippen LogP contribution in [0.5, 0.6) is 0 Å². The minimum atomic E-state index is -0.343. The molecule has 0 aromatic heterocycles. The first-order valence-electron chi connectivity index (χ1n) is 12.2. The van der Waals surface area contributed by atoms with E-state index < -0.39 is 0 Å². The van der Waals surface area contributed by atoms with Crippen LogP contribution in [0.4, 0.5) is 5.69 Å². The highest BCUT2D eigenvalue weighted by atomic mass is 16.3. The molecule has 0 saturated carbocycles. The lowest BCUT2D eigenvalue weighted by molar-refractivity contribution is 0.105. The number of piperidine rings is 1. The molecule has 1 saturated heterocycles. The number of aliphatic hydroxyl groups is 2. The lowest BCUT2D eigenvalue weighted by Crippen LogP contribution is -2.33. The predicted molar refractivity (Wildman–Crippen MR) is 148 cm³/mol. The van der Waals surface area contributed by atoms with Crippen molar-refractivity contribution in [2.45, 2.75) is 66.2 Å². The van der Waals surface area contributed by atoms with E-state index in [1.807, 2.05) is 20.8 Å². The van der Waals surface area contributed by atoms with E-state index in [0.29, 0.717) is 6.42 Å². The molecule has 1 aliphatic rings. The number of aryl methyl sites for hydroxylation is 1. The highest BCUT2D eigenvalue weighted by Gasteiger charge is 2.21. The van der Waals surface area contributed by atoms with Crippen LogP contribution < -0.4 is 11.1 Å². The van der Waals surface area contributed by atoms with Gasteiger partial charge in [-0.1, -0.05) is 57.2 Å². The number of nitrogens with one attached hydrogen (secondary N) is 1. The van der Waals surface area contributed by atoms with Gasteiger partial charge in [0.2, 0.25) is 0 Å². The van der Waals surface area contributed by atoms with Crippen molar-refractivity contribution < 1.29 is 10.2 Å². The maximum atomic E-state index is 9.73. The number of aliphatic hydroxyl groups excluding tert-OH is 2. The standard InChI is InChI=1S/C22H28N2O2.C3H7N.C2H6.CH5N/c1-2-17-7-9-20(10-8-17)23-14-18-3-5-19(6-4-18)15-24-12-11-22(26)13-21(24)16-25;1-3-4-2;2*1-2/h3-10,16,22-23,25-26H,2,11-15H2,1H3;3H,1-2H3;1-2H3;2H2,1H3/b21-16-;;;. The number of likely N-dealkylation sites (tertiary alicyclic amines) is 1. The van der Waals surface area contributed by atoms with Crippen LogP contribution in [0.3, 0.4) is 0 Å². The minimum absolute atomic E-state index is 0.343. The molecule has 1 aliphatic heterocycles. The molecule has 6 nitrogen and oxygen atoms in total. The van der Waals surface area contributed by atoms with Crippen molar-refractivity contribution in [3.05, 3.63) is 77.2 Å². The van der Waals surface area contributed by atoms with Crippen LogP contribution in [0.15, 0.2) is 65.5 Å². The van der Waals surface area contributed by atoms with Gasteiger partial charge in [0, 0.05) is 38.8 Å². The summed E-state index contributed by atoms with van der Waals surface area (Å²) in [5.74, 6) is 0. The maximum Gasteiger partial charge on any atom is 0.0984 e. The van der Waals surface area contributed by atoms with Gasteiger partial charge in [-0.25, -0.2) is 0 Å². The Hall–Kier alpha value is -2.83. The van der Waals surface area contributed by atoms with E-state index >= 15 is 0 Å². The molecule has 34 heavy (non-hydrogen) atoms. The zero-order valence-corrected chi connectivity index (χ0v) is 22.0. The van der Waals surface area contributed by atoms with Crippen LogP contribution in [-0.2, 0) is 19.5 Å². The fourth-order valence-corrected chi connectivity index (χ4v) is 3.28. The summed E-state index contributed by atoms with van der Waals surface area (Å²) in [5, 5.41) is 22.6. The lowest BCUT2D eigenvalue weighted by Gasteiger charge is -2.33. The predicted octanol–water partition coefficient (Wildman–Crippen LogP) is 5.53. The lowest BCUT2D eigenvalue weighted by atomic mass is 10.0. The fourth-order valence-electron chi connectivity index (χ4n) is 3.28. The van der Waals surface area contributed by atoms with Gasteiger partial charge >= 0.3 is 0 Å². The molecular formula is C28H46N4O2. The molecule has 0 aliphatic carbocycles. The van der Waals surface area contributed by atoms with E-state index in [9.17, 15) is 10.2 Å². The smallest absolute Gasteiger partial charge is 0.0984 e. The first-order chi connectivity index (χ1) is 16.6. The molecule has 0 radical (unpaired) electrons. The van der Waals surface area contributed by atoms with Gasteiger partial charge in [0.15, 0.2) is 0 Å². The summed E-state index contributed by atoms with van der Waals surface area (Å²) < 4.78 is 0. The number of nitrogens with zero attached hydrogens (tertiary/aromatic N) is 2. The third kappa shape index (κ3) is 11.9. The number of hydrogen-bond acceptors (Lipinski definition) is 6. The summed E-state index contributed by atoms with van der Waals surface area (Å²) in [6, 6.07) is 17.1. The Morgan fingerprint density at radius 2 is 1.56 bits per heavy atom. The zero-order chi connectivity index (χ0) is 25.8. The summed E-state index contributed by atoms with van der Waals surface area (Å²) in [6.07, 6.45) is 4.87. The molecule has 0 bridgehead atoms. The van der Waals surface area contributed by atoms with Gasteiger partial charge in [-0.05, 0) is 61.9 Å². The van der Waals surface area contributed by atoms with Gasteiger partial charge in [-0.2, -0.15) is 0 Å². The van der Waals surface area contributed by atoms with Gasteiger partial charge in [-0.15, -0.1) is 0 Å².